The second-order valence-electron chi connectivity index (χ2n) is 4.68. The van der Waals surface area contributed by atoms with Crippen LogP contribution in [0.25, 0.3) is 0 Å². The molecule has 2 aromatic rings. The Hall–Kier alpha value is -1.66. The van der Waals surface area contributed by atoms with Crippen LogP contribution in [0, 0.1) is 0 Å². The first-order chi connectivity index (χ1) is 9.85. The van der Waals surface area contributed by atoms with E-state index in [1.807, 2.05) is 12.1 Å². The lowest BCUT2D eigenvalue weighted by Gasteiger charge is -2.19. The van der Waals surface area contributed by atoms with E-state index in [1.54, 1.807) is 24.6 Å². The second-order valence-corrected chi connectivity index (χ2v) is 5.54. The predicted molar refractivity (Wildman–Crippen MR) is 79.0 cm³/mol. The van der Waals surface area contributed by atoms with E-state index in [9.17, 15) is 0 Å². The Labute approximate surface area is 122 Å². The van der Waals surface area contributed by atoms with Gasteiger partial charge in [0, 0.05) is 30.6 Å². The van der Waals surface area contributed by atoms with Gasteiger partial charge in [-0.3, -0.25) is 0 Å². The Morgan fingerprint density at radius 1 is 1.35 bits per heavy atom. The minimum absolute atomic E-state index is 0.532. The molecule has 0 amide bonds. The minimum atomic E-state index is 0.532. The number of anilines is 2. The van der Waals surface area contributed by atoms with E-state index in [-0.39, 0.29) is 0 Å². The number of nitrogens with one attached hydrogen (secondary N) is 1. The van der Waals surface area contributed by atoms with Crippen molar-refractivity contribution >= 4 is 22.2 Å². The zero-order valence-electron chi connectivity index (χ0n) is 11.3. The van der Waals surface area contributed by atoms with Crippen LogP contribution >= 0.6 is 11.3 Å². The van der Waals surface area contributed by atoms with Crippen LogP contribution in [0.1, 0.15) is 24.5 Å². The molecule has 0 spiro atoms. The molecular formula is C14H17N3O2S. The molecular weight excluding hydrogens is 274 g/mol. The third kappa shape index (κ3) is 3.08. The lowest BCUT2D eigenvalue weighted by molar-refractivity contribution is 0.0846. The molecule has 0 saturated carbocycles. The van der Waals surface area contributed by atoms with Gasteiger partial charge >= 0.3 is 0 Å². The Bertz CT molecular complexity index is 550. The van der Waals surface area contributed by atoms with E-state index < -0.39 is 0 Å². The number of rotatable bonds is 4. The largest absolute Gasteiger partial charge is 0.481 e. The Morgan fingerprint density at radius 3 is 2.90 bits per heavy atom. The molecule has 1 aliphatic heterocycles. The first-order valence-corrected chi connectivity index (χ1v) is 7.53. The van der Waals surface area contributed by atoms with Crippen molar-refractivity contribution in [2.75, 3.05) is 25.6 Å². The molecule has 106 valence electrons. The molecule has 0 bridgehead atoms. The van der Waals surface area contributed by atoms with Gasteiger partial charge in [0.2, 0.25) is 5.88 Å². The number of aromatic nitrogens is 2. The van der Waals surface area contributed by atoms with E-state index >= 15 is 0 Å². The van der Waals surface area contributed by atoms with Crippen molar-refractivity contribution in [2.45, 2.75) is 18.8 Å². The van der Waals surface area contributed by atoms with Crippen molar-refractivity contribution in [3.63, 3.8) is 0 Å². The molecule has 0 radical (unpaired) electrons. The van der Waals surface area contributed by atoms with Gasteiger partial charge in [0.15, 0.2) is 5.13 Å². The minimum Gasteiger partial charge on any atom is -0.481 e. The lowest BCUT2D eigenvalue weighted by Crippen LogP contribution is -2.14. The van der Waals surface area contributed by atoms with Crippen LogP contribution in [-0.2, 0) is 4.74 Å². The van der Waals surface area contributed by atoms with Gasteiger partial charge in [0.1, 0.15) is 0 Å². The van der Waals surface area contributed by atoms with Crippen LogP contribution in [0.3, 0.4) is 0 Å². The van der Waals surface area contributed by atoms with Crippen LogP contribution in [0.5, 0.6) is 5.88 Å². The summed E-state index contributed by atoms with van der Waals surface area (Å²) in [6.07, 6.45) is 3.87. The molecule has 0 aliphatic carbocycles. The average molecular weight is 291 g/mol. The normalized spacial score (nSPS) is 16.1. The monoisotopic (exact) mass is 291 g/mol. The maximum Gasteiger partial charge on any atom is 0.213 e. The third-order valence-electron chi connectivity index (χ3n) is 3.36. The second kappa shape index (κ2) is 6.19. The summed E-state index contributed by atoms with van der Waals surface area (Å²) in [5, 5.41) is 6.31. The Kier molecular flexibility index (Phi) is 4.13. The highest BCUT2D eigenvalue weighted by Gasteiger charge is 2.18. The predicted octanol–water partition coefficient (Wildman–Crippen LogP) is 3.18. The molecule has 3 rings (SSSR count). The van der Waals surface area contributed by atoms with Gasteiger partial charge in [-0.25, -0.2) is 9.97 Å². The maximum absolute atomic E-state index is 5.39. The van der Waals surface area contributed by atoms with Crippen LogP contribution in [0.2, 0.25) is 0 Å². The first kappa shape index (κ1) is 13.3. The molecule has 1 fully saturated rings. The molecule has 6 heteroatoms. The summed E-state index contributed by atoms with van der Waals surface area (Å²) >= 11 is 1.63. The highest BCUT2D eigenvalue weighted by Crippen LogP contribution is 2.30. The fraction of sp³-hybridized carbons (Fsp3) is 0.429. The average Bonchev–Trinajstić information content (AvgIpc) is 2.97. The zero-order chi connectivity index (χ0) is 13.8. The summed E-state index contributed by atoms with van der Waals surface area (Å²) in [4.78, 5) is 8.83. The Morgan fingerprint density at radius 2 is 2.20 bits per heavy atom. The number of nitrogens with zero attached hydrogens (tertiary/aromatic N) is 2. The van der Waals surface area contributed by atoms with E-state index in [4.69, 9.17) is 9.47 Å². The summed E-state index contributed by atoms with van der Waals surface area (Å²) in [7, 11) is 1.61. The van der Waals surface area contributed by atoms with E-state index in [1.165, 1.54) is 5.69 Å². The fourth-order valence-electron chi connectivity index (χ4n) is 2.22. The number of ether oxygens (including phenoxy) is 2. The van der Waals surface area contributed by atoms with Crippen molar-refractivity contribution < 1.29 is 9.47 Å². The summed E-state index contributed by atoms with van der Waals surface area (Å²) < 4.78 is 10.4. The van der Waals surface area contributed by atoms with Crippen LogP contribution < -0.4 is 10.1 Å². The van der Waals surface area contributed by atoms with Gasteiger partial charge in [-0.2, -0.15) is 0 Å². The van der Waals surface area contributed by atoms with Crippen molar-refractivity contribution in [3.05, 3.63) is 29.4 Å². The maximum atomic E-state index is 5.39. The standard InChI is InChI=1S/C14H17N3O2S/c1-18-13-3-2-11(8-15-13)16-14-17-12(9-20-14)10-4-6-19-7-5-10/h2-3,8-10H,4-7H2,1H3,(H,16,17). The smallest absolute Gasteiger partial charge is 0.213 e. The number of hydrogen-bond acceptors (Lipinski definition) is 6. The van der Waals surface area contributed by atoms with Crippen molar-refractivity contribution in [1.29, 1.82) is 0 Å². The highest BCUT2D eigenvalue weighted by atomic mass is 32.1. The molecule has 0 aromatic carbocycles. The molecule has 0 unspecified atom stereocenters. The zero-order valence-corrected chi connectivity index (χ0v) is 12.2. The van der Waals surface area contributed by atoms with Crippen LogP contribution in [-0.4, -0.2) is 30.3 Å². The number of hydrogen-bond donors (Lipinski definition) is 1. The number of thiazole rings is 1. The molecule has 5 nitrogen and oxygen atoms in total. The highest BCUT2D eigenvalue weighted by molar-refractivity contribution is 7.13. The van der Waals surface area contributed by atoms with Gasteiger partial charge in [0.25, 0.3) is 0 Å². The van der Waals surface area contributed by atoms with Crippen LogP contribution in [0.4, 0.5) is 10.8 Å². The van der Waals surface area contributed by atoms with Gasteiger partial charge in [0.05, 0.1) is 24.7 Å². The molecule has 1 saturated heterocycles. The quantitative estimate of drug-likeness (QED) is 0.937. The third-order valence-corrected chi connectivity index (χ3v) is 4.13. The van der Waals surface area contributed by atoms with Crippen molar-refractivity contribution in [3.8, 4) is 5.88 Å². The van der Waals surface area contributed by atoms with Crippen molar-refractivity contribution in [1.82, 2.24) is 9.97 Å². The number of pyridine rings is 1. The molecule has 2 aromatic heterocycles. The molecule has 1 N–H and O–H groups in total. The summed E-state index contributed by atoms with van der Waals surface area (Å²) in [5.74, 6) is 1.14. The molecule has 20 heavy (non-hydrogen) atoms. The summed E-state index contributed by atoms with van der Waals surface area (Å²) in [5.41, 5.74) is 2.08. The lowest BCUT2D eigenvalue weighted by atomic mass is 9.98. The summed E-state index contributed by atoms with van der Waals surface area (Å²) in [6, 6.07) is 3.76. The summed E-state index contributed by atoms with van der Waals surface area (Å²) in [6.45, 7) is 1.68. The molecule has 0 atom stereocenters. The molecule has 1 aliphatic rings. The fourth-order valence-corrected chi connectivity index (χ4v) is 3.04. The van der Waals surface area contributed by atoms with Gasteiger partial charge < -0.3 is 14.8 Å². The molecule has 3 heterocycles. The van der Waals surface area contributed by atoms with Crippen molar-refractivity contribution in [2.24, 2.45) is 0 Å². The van der Waals surface area contributed by atoms with Gasteiger partial charge in [-0.05, 0) is 18.9 Å². The first-order valence-electron chi connectivity index (χ1n) is 6.65. The van der Waals surface area contributed by atoms with Crippen LogP contribution in [0.15, 0.2) is 23.7 Å². The van der Waals surface area contributed by atoms with E-state index in [0.717, 1.165) is 36.9 Å². The SMILES string of the molecule is COc1ccc(Nc2nc(C3CCOCC3)cs2)cn1. The Balaban J connectivity index is 1.66. The van der Waals surface area contributed by atoms with Gasteiger partial charge in [-0.15, -0.1) is 11.3 Å². The van der Waals surface area contributed by atoms with Gasteiger partial charge in [-0.1, -0.05) is 0 Å². The number of methoxy groups -OCH3 is 1. The van der Waals surface area contributed by atoms with E-state index in [2.05, 4.69) is 20.7 Å². The van der Waals surface area contributed by atoms with E-state index in [0.29, 0.717) is 11.8 Å². The topological polar surface area (TPSA) is 56.3 Å².